The number of anilines is 2. The summed E-state index contributed by atoms with van der Waals surface area (Å²) in [7, 11) is 0. The fourth-order valence-corrected chi connectivity index (χ4v) is 5.19. The zero-order valence-corrected chi connectivity index (χ0v) is 27.4. The maximum Gasteiger partial charge on any atom is 0.194 e. The Morgan fingerprint density at radius 1 is 0.500 bits per heavy atom. The van der Waals surface area contributed by atoms with Crippen LogP contribution in [0.3, 0.4) is 0 Å². The molecule has 0 N–H and O–H groups in total. The smallest absolute Gasteiger partial charge is 0.194 e. The molecule has 0 aliphatic heterocycles. The molecule has 44 heavy (non-hydrogen) atoms. The second-order valence-electron chi connectivity index (χ2n) is 11.4. The van der Waals surface area contributed by atoms with Gasteiger partial charge in [-0.05, 0) is 84.4 Å². The van der Waals surface area contributed by atoms with Crippen LogP contribution >= 0.6 is 0 Å². The minimum atomic E-state index is 0.595. The Hall–Kier alpha value is -4.28. The first kappa shape index (κ1) is 34.2. The van der Waals surface area contributed by atoms with Gasteiger partial charge < -0.3 is 9.80 Å². The fourth-order valence-electron chi connectivity index (χ4n) is 5.19. The molecule has 4 nitrogen and oxygen atoms in total. The number of hydrogen-bond acceptors (Lipinski definition) is 2. The summed E-state index contributed by atoms with van der Waals surface area (Å²) in [5, 5.41) is 0. The molecule has 3 rings (SSSR count). The lowest BCUT2D eigenvalue weighted by Gasteiger charge is -2.24. The van der Waals surface area contributed by atoms with Crippen molar-refractivity contribution in [2.24, 2.45) is 0 Å². The van der Waals surface area contributed by atoms with Crippen LogP contribution in [0.5, 0.6) is 0 Å². The summed E-state index contributed by atoms with van der Waals surface area (Å²) in [5.41, 5.74) is 7.43. The molecule has 3 aromatic rings. The molecule has 0 bridgehead atoms. The predicted molar refractivity (Wildman–Crippen MR) is 192 cm³/mol. The van der Waals surface area contributed by atoms with E-state index in [1.165, 1.54) is 62.7 Å². The molecule has 0 heterocycles. The summed E-state index contributed by atoms with van der Waals surface area (Å²) in [6.07, 6.45) is 13.4. The monoisotopic (exact) mass is 586 g/mol. The minimum absolute atomic E-state index is 0.595. The Morgan fingerprint density at radius 3 is 1.05 bits per heavy atom. The Labute approximate surface area is 267 Å². The van der Waals surface area contributed by atoms with Gasteiger partial charge in [-0.15, -0.1) is 0 Å². The lowest BCUT2D eigenvalue weighted by molar-refractivity contribution is 0.678. The van der Waals surface area contributed by atoms with Crippen LogP contribution in [-0.4, -0.2) is 26.2 Å². The van der Waals surface area contributed by atoms with Crippen LogP contribution in [0.1, 0.15) is 101 Å². The number of nitrogens with zero attached hydrogens (tertiary/aromatic N) is 4. The molecule has 0 radical (unpaired) electrons. The highest BCUT2D eigenvalue weighted by Crippen LogP contribution is 2.27. The SMILES string of the molecule is [C-]#[N+]/C(=C\c1ccc(N(CCCC)CCCC)cc1)c1ccc(/C(=C/c2ccc(N(CCCC)CCCC)cc2)[N+]#[C-])cc1. The number of rotatable bonds is 18. The van der Waals surface area contributed by atoms with Crippen LogP contribution in [-0.2, 0) is 0 Å². The number of unbranched alkanes of at least 4 members (excludes halogenated alkanes) is 4. The topological polar surface area (TPSA) is 15.2 Å². The third-order valence-corrected chi connectivity index (χ3v) is 7.97. The highest BCUT2D eigenvalue weighted by Gasteiger charge is 2.09. The van der Waals surface area contributed by atoms with E-state index in [4.69, 9.17) is 13.1 Å². The largest absolute Gasteiger partial charge is 0.372 e. The van der Waals surface area contributed by atoms with Crippen molar-refractivity contribution in [2.75, 3.05) is 36.0 Å². The summed E-state index contributed by atoms with van der Waals surface area (Å²) >= 11 is 0. The maximum atomic E-state index is 7.84. The van der Waals surface area contributed by atoms with Gasteiger partial charge in [-0.3, -0.25) is 0 Å². The molecular formula is C40H50N4. The second-order valence-corrected chi connectivity index (χ2v) is 11.4. The Kier molecular flexibility index (Phi) is 14.8. The third-order valence-electron chi connectivity index (χ3n) is 7.97. The van der Waals surface area contributed by atoms with Gasteiger partial charge in [-0.2, -0.15) is 0 Å². The van der Waals surface area contributed by atoms with Crippen molar-refractivity contribution in [3.63, 3.8) is 0 Å². The minimum Gasteiger partial charge on any atom is -0.372 e. The van der Waals surface area contributed by atoms with E-state index in [0.29, 0.717) is 11.4 Å². The summed E-state index contributed by atoms with van der Waals surface area (Å²) in [4.78, 5) is 12.6. The molecule has 0 fully saturated rings. The van der Waals surface area contributed by atoms with Crippen LogP contribution in [0.4, 0.5) is 11.4 Å². The van der Waals surface area contributed by atoms with Gasteiger partial charge in [0.25, 0.3) is 0 Å². The average molecular weight is 587 g/mol. The molecule has 0 atom stereocenters. The van der Waals surface area contributed by atoms with Crippen molar-refractivity contribution in [3.8, 4) is 0 Å². The second kappa shape index (κ2) is 19.1. The molecule has 230 valence electrons. The van der Waals surface area contributed by atoms with Crippen LogP contribution in [0.15, 0.2) is 72.8 Å². The summed E-state index contributed by atoms with van der Waals surface area (Å²) in [6, 6.07) is 24.9. The van der Waals surface area contributed by atoms with Crippen LogP contribution in [0, 0.1) is 13.1 Å². The molecule has 0 aromatic heterocycles. The average Bonchev–Trinajstić information content (AvgIpc) is 3.07. The molecule has 0 aliphatic carbocycles. The van der Waals surface area contributed by atoms with Gasteiger partial charge in [0.2, 0.25) is 0 Å². The van der Waals surface area contributed by atoms with E-state index < -0.39 is 0 Å². The van der Waals surface area contributed by atoms with E-state index in [-0.39, 0.29) is 0 Å². The zero-order valence-electron chi connectivity index (χ0n) is 27.4. The van der Waals surface area contributed by atoms with Crippen molar-refractivity contribution in [1.29, 1.82) is 0 Å². The van der Waals surface area contributed by atoms with Crippen LogP contribution in [0.2, 0.25) is 0 Å². The quantitative estimate of drug-likeness (QED) is 0.109. The van der Waals surface area contributed by atoms with E-state index in [0.717, 1.165) is 48.4 Å². The first-order valence-corrected chi connectivity index (χ1v) is 16.6. The van der Waals surface area contributed by atoms with Gasteiger partial charge >= 0.3 is 0 Å². The van der Waals surface area contributed by atoms with E-state index in [1.54, 1.807) is 0 Å². The molecule has 0 unspecified atom stereocenters. The predicted octanol–water partition coefficient (Wildman–Crippen LogP) is 11.3. The lowest BCUT2D eigenvalue weighted by Crippen LogP contribution is -2.25. The maximum absolute atomic E-state index is 7.84. The Balaban J connectivity index is 1.75. The Morgan fingerprint density at radius 2 is 0.795 bits per heavy atom. The standard InChI is InChI=1S/C40H50N4/c1-7-11-27-43(28-12-8-2)37-23-15-33(16-24-37)31-39(41-5)35-19-21-36(22-20-35)40(42-6)32-34-17-25-38(26-18-34)44(29-13-9-3)30-14-10-4/h15-26,31-32H,7-14,27-30H2,1-4H3/b39-31-,40-32-. The van der Waals surface area contributed by atoms with E-state index in [9.17, 15) is 0 Å². The summed E-state index contributed by atoms with van der Waals surface area (Å²) in [5.74, 6) is 0. The van der Waals surface area contributed by atoms with Crippen molar-refractivity contribution in [2.45, 2.75) is 79.1 Å². The molecule has 0 amide bonds. The van der Waals surface area contributed by atoms with E-state index >= 15 is 0 Å². The lowest BCUT2D eigenvalue weighted by atomic mass is 10.0. The molecule has 0 aliphatic rings. The van der Waals surface area contributed by atoms with Gasteiger partial charge in [0.1, 0.15) is 0 Å². The van der Waals surface area contributed by atoms with Crippen molar-refractivity contribution >= 4 is 34.9 Å². The van der Waals surface area contributed by atoms with Gasteiger partial charge in [-0.1, -0.05) is 102 Å². The first-order valence-electron chi connectivity index (χ1n) is 16.6. The zero-order chi connectivity index (χ0) is 31.6. The van der Waals surface area contributed by atoms with Gasteiger partial charge in [-0.25, -0.2) is 9.69 Å². The molecular weight excluding hydrogens is 536 g/mol. The van der Waals surface area contributed by atoms with Gasteiger partial charge in [0.05, 0.1) is 13.1 Å². The first-order chi connectivity index (χ1) is 21.6. The fraction of sp³-hybridized carbons (Fsp3) is 0.400. The van der Waals surface area contributed by atoms with Gasteiger partial charge in [0, 0.05) is 37.6 Å². The number of benzene rings is 3. The highest BCUT2D eigenvalue weighted by molar-refractivity contribution is 5.88. The molecule has 4 heteroatoms. The van der Waals surface area contributed by atoms with Crippen molar-refractivity contribution in [3.05, 3.63) is 118 Å². The highest BCUT2D eigenvalue weighted by atomic mass is 15.1. The summed E-state index contributed by atoms with van der Waals surface area (Å²) < 4.78 is 0. The Bertz CT molecular complexity index is 1270. The summed E-state index contributed by atoms with van der Waals surface area (Å²) in [6.45, 7) is 28.9. The molecule has 0 spiro atoms. The molecule has 0 saturated heterocycles. The van der Waals surface area contributed by atoms with Crippen LogP contribution in [0.25, 0.3) is 33.2 Å². The van der Waals surface area contributed by atoms with E-state index in [2.05, 4.69) is 95.7 Å². The molecule has 0 saturated carbocycles. The molecule has 3 aromatic carbocycles. The van der Waals surface area contributed by atoms with Gasteiger partial charge in [0.15, 0.2) is 11.4 Å². The normalized spacial score (nSPS) is 11.6. The number of hydrogen-bond donors (Lipinski definition) is 0. The van der Waals surface area contributed by atoms with Crippen LogP contribution < -0.4 is 9.80 Å². The van der Waals surface area contributed by atoms with Crippen molar-refractivity contribution < 1.29 is 0 Å². The van der Waals surface area contributed by atoms with E-state index in [1.807, 2.05) is 36.4 Å². The third kappa shape index (κ3) is 10.5. The van der Waals surface area contributed by atoms with Crippen molar-refractivity contribution in [1.82, 2.24) is 0 Å².